The second-order valence-electron chi connectivity index (χ2n) is 6.62. The molecule has 0 N–H and O–H groups in total. The first-order valence-electron chi connectivity index (χ1n) is 8.64. The van der Waals surface area contributed by atoms with Gasteiger partial charge in [-0.2, -0.15) is 0 Å². The lowest BCUT2D eigenvalue weighted by Crippen LogP contribution is -2.58. The molecule has 1 fully saturated rings. The average Bonchev–Trinajstić information content (AvgIpc) is 2.62. The molecular weight excluding hydrogens is 298 g/mol. The number of hydrogen-bond donors (Lipinski definition) is 0. The summed E-state index contributed by atoms with van der Waals surface area (Å²) in [7, 11) is 0. The Hall–Kier alpha value is -2.20. The second-order valence-corrected chi connectivity index (χ2v) is 6.62. The minimum absolute atomic E-state index is 0.0875. The largest absolute Gasteiger partial charge is 0.335 e. The Morgan fingerprint density at radius 1 is 1.08 bits per heavy atom. The summed E-state index contributed by atoms with van der Waals surface area (Å²) in [5, 5.41) is 0. The maximum Gasteiger partial charge on any atom is 0.255 e. The number of carbonyl (C=O) groups is 1. The van der Waals surface area contributed by atoms with E-state index in [0.29, 0.717) is 17.6 Å². The lowest BCUT2D eigenvalue weighted by atomic mass is 10.0. The van der Waals surface area contributed by atoms with Crippen LogP contribution in [0, 0.1) is 0 Å². The van der Waals surface area contributed by atoms with E-state index in [1.165, 1.54) is 5.56 Å². The van der Waals surface area contributed by atoms with Crippen LogP contribution in [0.1, 0.15) is 29.8 Å². The maximum atomic E-state index is 12.6. The van der Waals surface area contributed by atoms with Crippen LogP contribution in [0.4, 0.5) is 0 Å². The minimum atomic E-state index is 0.0875. The zero-order chi connectivity index (χ0) is 16.9. The lowest BCUT2D eigenvalue weighted by molar-refractivity contribution is 0.0311. The predicted octanol–water partition coefficient (Wildman–Crippen LogP) is 2.86. The maximum absolute atomic E-state index is 12.6. The van der Waals surface area contributed by atoms with Crippen LogP contribution in [-0.2, 0) is 6.42 Å². The summed E-state index contributed by atoms with van der Waals surface area (Å²) in [5.74, 6) is 0.0875. The zero-order valence-corrected chi connectivity index (χ0v) is 14.4. The third kappa shape index (κ3) is 3.82. The summed E-state index contributed by atoms with van der Waals surface area (Å²) in [5.41, 5.74) is 2.04. The molecule has 126 valence electrons. The molecular formula is C20H25N3O. The Morgan fingerprint density at radius 3 is 2.42 bits per heavy atom. The van der Waals surface area contributed by atoms with Gasteiger partial charge >= 0.3 is 0 Å². The Balaban J connectivity index is 1.61. The molecule has 24 heavy (non-hydrogen) atoms. The first kappa shape index (κ1) is 16.7. The predicted molar refractivity (Wildman–Crippen MR) is 95.9 cm³/mol. The summed E-state index contributed by atoms with van der Waals surface area (Å²) in [6.45, 7) is 7.00. The van der Waals surface area contributed by atoms with Crippen LogP contribution in [-0.4, -0.2) is 52.4 Å². The standard InChI is InChI=1S/C20H25N3O/c1-16-14-22(20(24)19-9-6-11-21-13-19)15-17(2)23(16)12-10-18-7-4-3-5-8-18/h3-9,11,13,16-17H,10,12,14-15H2,1-2H3. The highest BCUT2D eigenvalue weighted by Gasteiger charge is 2.31. The van der Waals surface area contributed by atoms with Crippen molar-refractivity contribution in [3.05, 3.63) is 66.0 Å². The van der Waals surface area contributed by atoms with Gasteiger partial charge in [-0.15, -0.1) is 0 Å². The highest BCUT2D eigenvalue weighted by atomic mass is 16.2. The van der Waals surface area contributed by atoms with Gasteiger partial charge in [0.1, 0.15) is 0 Å². The number of pyridine rings is 1. The Bertz CT molecular complexity index is 647. The Labute approximate surface area is 144 Å². The van der Waals surface area contributed by atoms with Gasteiger partial charge in [0.25, 0.3) is 5.91 Å². The van der Waals surface area contributed by atoms with Gasteiger partial charge in [-0.3, -0.25) is 14.7 Å². The molecule has 2 aromatic rings. The molecule has 0 aliphatic carbocycles. The SMILES string of the molecule is CC1CN(C(=O)c2cccnc2)CC(C)N1CCc1ccccc1. The van der Waals surface area contributed by atoms with E-state index in [1.54, 1.807) is 12.4 Å². The number of benzene rings is 1. The highest BCUT2D eigenvalue weighted by molar-refractivity contribution is 5.94. The van der Waals surface area contributed by atoms with Crippen molar-refractivity contribution >= 4 is 5.91 Å². The molecule has 0 spiro atoms. The summed E-state index contributed by atoms with van der Waals surface area (Å²) in [6.07, 6.45) is 4.40. The van der Waals surface area contributed by atoms with Crippen LogP contribution in [0.2, 0.25) is 0 Å². The fraction of sp³-hybridized carbons (Fsp3) is 0.400. The molecule has 1 aromatic carbocycles. The van der Waals surface area contributed by atoms with Crippen molar-refractivity contribution in [2.45, 2.75) is 32.4 Å². The zero-order valence-electron chi connectivity index (χ0n) is 14.4. The van der Waals surface area contributed by atoms with Crippen LogP contribution in [0.25, 0.3) is 0 Å². The van der Waals surface area contributed by atoms with E-state index in [2.05, 4.69) is 54.1 Å². The third-order valence-electron chi connectivity index (χ3n) is 4.80. The Morgan fingerprint density at radius 2 is 1.79 bits per heavy atom. The molecule has 0 bridgehead atoms. The van der Waals surface area contributed by atoms with E-state index < -0.39 is 0 Å². The van der Waals surface area contributed by atoms with Gasteiger partial charge in [-0.25, -0.2) is 0 Å². The van der Waals surface area contributed by atoms with Gasteiger partial charge in [0.05, 0.1) is 5.56 Å². The van der Waals surface area contributed by atoms with Crippen molar-refractivity contribution in [2.24, 2.45) is 0 Å². The average molecular weight is 323 g/mol. The molecule has 0 radical (unpaired) electrons. The Kier molecular flexibility index (Phi) is 5.26. The molecule has 1 amide bonds. The van der Waals surface area contributed by atoms with Crippen molar-refractivity contribution in [3.8, 4) is 0 Å². The normalized spacial score (nSPS) is 21.7. The van der Waals surface area contributed by atoms with Crippen LogP contribution >= 0.6 is 0 Å². The van der Waals surface area contributed by atoms with E-state index in [1.807, 2.05) is 17.0 Å². The molecule has 2 unspecified atom stereocenters. The van der Waals surface area contributed by atoms with Crippen molar-refractivity contribution in [3.63, 3.8) is 0 Å². The highest BCUT2D eigenvalue weighted by Crippen LogP contribution is 2.18. The summed E-state index contributed by atoms with van der Waals surface area (Å²) in [4.78, 5) is 21.2. The molecule has 4 nitrogen and oxygen atoms in total. The van der Waals surface area contributed by atoms with Crippen molar-refractivity contribution in [1.82, 2.24) is 14.8 Å². The monoisotopic (exact) mass is 323 g/mol. The van der Waals surface area contributed by atoms with E-state index in [9.17, 15) is 4.79 Å². The van der Waals surface area contributed by atoms with E-state index in [0.717, 1.165) is 26.1 Å². The van der Waals surface area contributed by atoms with Gasteiger partial charge in [-0.1, -0.05) is 30.3 Å². The van der Waals surface area contributed by atoms with Crippen molar-refractivity contribution < 1.29 is 4.79 Å². The summed E-state index contributed by atoms with van der Waals surface area (Å²) >= 11 is 0. The van der Waals surface area contributed by atoms with Crippen LogP contribution in [0.5, 0.6) is 0 Å². The molecule has 4 heteroatoms. The van der Waals surface area contributed by atoms with Crippen molar-refractivity contribution in [2.75, 3.05) is 19.6 Å². The van der Waals surface area contributed by atoms with E-state index >= 15 is 0 Å². The first-order valence-corrected chi connectivity index (χ1v) is 8.64. The number of piperazine rings is 1. The third-order valence-corrected chi connectivity index (χ3v) is 4.80. The number of aromatic nitrogens is 1. The van der Waals surface area contributed by atoms with Crippen molar-refractivity contribution in [1.29, 1.82) is 0 Å². The molecule has 1 aromatic heterocycles. The summed E-state index contributed by atoms with van der Waals surface area (Å²) in [6, 6.07) is 15.0. The minimum Gasteiger partial charge on any atom is -0.335 e. The number of nitrogens with zero attached hydrogens (tertiary/aromatic N) is 3. The summed E-state index contributed by atoms with van der Waals surface area (Å²) < 4.78 is 0. The van der Waals surface area contributed by atoms with Crippen LogP contribution in [0.3, 0.4) is 0 Å². The number of rotatable bonds is 4. The second kappa shape index (κ2) is 7.58. The molecule has 0 saturated carbocycles. The smallest absolute Gasteiger partial charge is 0.255 e. The van der Waals surface area contributed by atoms with Gasteiger partial charge in [0.15, 0.2) is 0 Å². The van der Waals surface area contributed by atoms with E-state index in [4.69, 9.17) is 0 Å². The number of hydrogen-bond acceptors (Lipinski definition) is 3. The van der Waals surface area contributed by atoms with Crippen LogP contribution in [0.15, 0.2) is 54.9 Å². The molecule has 1 aliphatic heterocycles. The van der Waals surface area contributed by atoms with Gasteiger partial charge < -0.3 is 4.90 Å². The van der Waals surface area contributed by atoms with Gasteiger partial charge in [0.2, 0.25) is 0 Å². The van der Waals surface area contributed by atoms with E-state index in [-0.39, 0.29) is 5.91 Å². The molecule has 1 saturated heterocycles. The fourth-order valence-corrected chi connectivity index (χ4v) is 3.54. The van der Waals surface area contributed by atoms with Gasteiger partial charge in [-0.05, 0) is 38.0 Å². The molecule has 1 aliphatic rings. The van der Waals surface area contributed by atoms with Gasteiger partial charge in [0, 0.05) is 44.1 Å². The molecule has 2 atom stereocenters. The molecule has 2 heterocycles. The lowest BCUT2D eigenvalue weighted by Gasteiger charge is -2.44. The first-order chi connectivity index (χ1) is 11.6. The topological polar surface area (TPSA) is 36.4 Å². The molecule has 3 rings (SSSR count). The number of carbonyl (C=O) groups excluding carboxylic acids is 1. The number of amides is 1. The fourth-order valence-electron chi connectivity index (χ4n) is 3.54. The quantitative estimate of drug-likeness (QED) is 0.868. The van der Waals surface area contributed by atoms with Crippen LogP contribution < -0.4 is 0 Å².